The second-order valence-electron chi connectivity index (χ2n) is 6.89. The lowest BCUT2D eigenvalue weighted by atomic mass is 9.87. The van der Waals surface area contributed by atoms with Crippen LogP contribution in [0.5, 0.6) is 0 Å². The Balaban J connectivity index is 1.57. The van der Waals surface area contributed by atoms with E-state index >= 15 is 0 Å². The van der Waals surface area contributed by atoms with E-state index in [4.69, 9.17) is 4.42 Å². The molecule has 0 atom stereocenters. The minimum atomic E-state index is -0.251. The molecule has 24 heavy (non-hydrogen) atoms. The van der Waals surface area contributed by atoms with Gasteiger partial charge in [-0.1, -0.05) is 51.1 Å². The first-order valence-corrected chi connectivity index (χ1v) is 8.05. The molecule has 0 radical (unpaired) electrons. The molecule has 0 saturated heterocycles. The third kappa shape index (κ3) is 3.77. The Morgan fingerprint density at radius 3 is 2.42 bits per heavy atom. The highest BCUT2D eigenvalue weighted by molar-refractivity contribution is 5.89. The van der Waals surface area contributed by atoms with Gasteiger partial charge in [0.05, 0.1) is 6.54 Å². The summed E-state index contributed by atoms with van der Waals surface area (Å²) in [5.74, 6) is 0.731. The minimum Gasteiger partial charge on any atom is -0.459 e. The fourth-order valence-corrected chi connectivity index (χ4v) is 2.52. The van der Waals surface area contributed by atoms with E-state index < -0.39 is 0 Å². The zero-order chi connectivity index (χ0) is 17.2. The summed E-state index contributed by atoms with van der Waals surface area (Å²) in [5.41, 5.74) is 2.93. The van der Waals surface area contributed by atoms with Gasteiger partial charge in [0.25, 0.3) is 0 Å². The number of fused-ring (bicyclic) bond motifs is 1. The quantitative estimate of drug-likeness (QED) is 0.709. The summed E-state index contributed by atoms with van der Waals surface area (Å²) >= 11 is 0. The van der Waals surface area contributed by atoms with Crippen LogP contribution < -0.4 is 10.6 Å². The predicted molar refractivity (Wildman–Crippen MR) is 97.2 cm³/mol. The molecule has 4 heteroatoms. The van der Waals surface area contributed by atoms with Crippen LogP contribution in [0.3, 0.4) is 0 Å². The van der Waals surface area contributed by atoms with Crippen LogP contribution in [-0.4, -0.2) is 6.03 Å². The Bertz CT molecular complexity index is 809. The summed E-state index contributed by atoms with van der Waals surface area (Å²) in [7, 11) is 0. The van der Waals surface area contributed by atoms with E-state index in [0.717, 1.165) is 22.4 Å². The number of amides is 2. The number of furan rings is 1. The van der Waals surface area contributed by atoms with Crippen LogP contribution in [0.4, 0.5) is 10.5 Å². The van der Waals surface area contributed by atoms with Crippen molar-refractivity contribution >= 4 is 22.7 Å². The molecule has 2 amide bonds. The van der Waals surface area contributed by atoms with Crippen LogP contribution in [0.15, 0.2) is 59.0 Å². The fraction of sp³-hybridized carbons (Fsp3) is 0.250. The van der Waals surface area contributed by atoms with Crippen molar-refractivity contribution in [2.45, 2.75) is 32.7 Å². The third-order valence-corrected chi connectivity index (χ3v) is 3.91. The Morgan fingerprint density at radius 1 is 1.04 bits per heavy atom. The average Bonchev–Trinajstić information content (AvgIpc) is 2.95. The first-order valence-electron chi connectivity index (χ1n) is 8.05. The number of carbonyl (C=O) groups is 1. The maximum Gasteiger partial charge on any atom is 0.319 e. The van der Waals surface area contributed by atoms with Gasteiger partial charge >= 0.3 is 6.03 Å². The van der Waals surface area contributed by atoms with Crippen molar-refractivity contribution in [3.63, 3.8) is 0 Å². The molecule has 2 aromatic carbocycles. The van der Waals surface area contributed by atoms with Crippen LogP contribution in [0.1, 0.15) is 32.1 Å². The summed E-state index contributed by atoms with van der Waals surface area (Å²) in [6.45, 7) is 6.83. The largest absolute Gasteiger partial charge is 0.459 e. The van der Waals surface area contributed by atoms with Crippen molar-refractivity contribution in [2.24, 2.45) is 0 Å². The normalized spacial score (nSPS) is 11.5. The molecule has 1 aromatic heterocycles. The number of anilines is 1. The third-order valence-electron chi connectivity index (χ3n) is 3.91. The molecule has 0 aliphatic rings. The SMILES string of the molecule is CC(C)(C)c1ccc(NC(=O)NCc2cc3ccccc3o2)cc1. The first kappa shape index (κ1) is 16.1. The fourth-order valence-electron chi connectivity index (χ4n) is 2.52. The van der Waals surface area contributed by atoms with Crippen molar-refractivity contribution in [3.8, 4) is 0 Å². The van der Waals surface area contributed by atoms with E-state index in [1.807, 2.05) is 54.6 Å². The molecule has 0 unspecified atom stereocenters. The maximum atomic E-state index is 12.0. The summed E-state index contributed by atoms with van der Waals surface area (Å²) in [5, 5.41) is 6.68. The lowest BCUT2D eigenvalue weighted by molar-refractivity contribution is 0.251. The number of hydrogen-bond donors (Lipinski definition) is 2. The zero-order valence-electron chi connectivity index (χ0n) is 14.2. The van der Waals surface area contributed by atoms with Crippen molar-refractivity contribution in [3.05, 3.63) is 65.9 Å². The van der Waals surface area contributed by atoms with E-state index in [1.165, 1.54) is 5.56 Å². The van der Waals surface area contributed by atoms with E-state index in [-0.39, 0.29) is 11.4 Å². The molecular formula is C20H22N2O2. The Hall–Kier alpha value is -2.75. The lowest BCUT2D eigenvalue weighted by Crippen LogP contribution is -2.28. The molecule has 0 saturated carbocycles. The monoisotopic (exact) mass is 322 g/mol. The summed E-state index contributed by atoms with van der Waals surface area (Å²) in [6.07, 6.45) is 0. The molecule has 0 aliphatic heterocycles. The average molecular weight is 322 g/mol. The van der Waals surface area contributed by atoms with E-state index in [0.29, 0.717) is 6.54 Å². The molecule has 4 nitrogen and oxygen atoms in total. The van der Waals surface area contributed by atoms with Crippen molar-refractivity contribution in [1.82, 2.24) is 5.32 Å². The number of benzene rings is 2. The van der Waals surface area contributed by atoms with Crippen LogP contribution in [0.25, 0.3) is 11.0 Å². The molecule has 3 aromatic rings. The van der Waals surface area contributed by atoms with Crippen molar-refractivity contribution < 1.29 is 9.21 Å². The van der Waals surface area contributed by atoms with Crippen LogP contribution in [0.2, 0.25) is 0 Å². The van der Waals surface area contributed by atoms with Gasteiger partial charge in [-0.3, -0.25) is 0 Å². The highest BCUT2D eigenvalue weighted by Crippen LogP contribution is 2.23. The number of hydrogen-bond acceptors (Lipinski definition) is 2. The maximum absolute atomic E-state index is 12.0. The van der Waals surface area contributed by atoms with Crippen molar-refractivity contribution in [1.29, 1.82) is 0 Å². The van der Waals surface area contributed by atoms with Gasteiger partial charge < -0.3 is 15.1 Å². The Labute approximate surface area is 141 Å². The molecule has 0 bridgehead atoms. The standard InChI is InChI=1S/C20H22N2O2/c1-20(2,3)15-8-10-16(11-9-15)22-19(23)21-13-17-12-14-6-4-5-7-18(14)24-17/h4-12H,13H2,1-3H3,(H2,21,22,23). The van der Waals surface area contributed by atoms with Gasteiger partial charge in [0.1, 0.15) is 11.3 Å². The highest BCUT2D eigenvalue weighted by Gasteiger charge is 2.13. The minimum absolute atomic E-state index is 0.0993. The van der Waals surface area contributed by atoms with E-state index in [9.17, 15) is 4.79 Å². The van der Waals surface area contributed by atoms with Crippen LogP contribution in [-0.2, 0) is 12.0 Å². The molecule has 1 heterocycles. The second-order valence-corrected chi connectivity index (χ2v) is 6.89. The molecule has 0 spiro atoms. The topological polar surface area (TPSA) is 54.3 Å². The van der Waals surface area contributed by atoms with E-state index in [1.54, 1.807) is 0 Å². The van der Waals surface area contributed by atoms with Gasteiger partial charge in [-0.25, -0.2) is 4.79 Å². The summed E-state index contributed by atoms with van der Waals surface area (Å²) < 4.78 is 5.68. The number of rotatable bonds is 3. The van der Waals surface area contributed by atoms with E-state index in [2.05, 4.69) is 31.4 Å². The van der Waals surface area contributed by atoms with Gasteiger partial charge in [0, 0.05) is 11.1 Å². The molecule has 0 aliphatic carbocycles. The molecule has 0 fully saturated rings. The Morgan fingerprint density at radius 2 is 1.75 bits per heavy atom. The second kappa shape index (κ2) is 6.40. The van der Waals surface area contributed by atoms with Gasteiger partial charge in [0.15, 0.2) is 0 Å². The van der Waals surface area contributed by atoms with Crippen LogP contribution in [0, 0.1) is 0 Å². The molecule has 2 N–H and O–H groups in total. The smallest absolute Gasteiger partial charge is 0.319 e. The van der Waals surface area contributed by atoms with Crippen LogP contribution >= 0.6 is 0 Å². The number of urea groups is 1. The Kier molecular flexibility index (Phi) is 4.30. The summed E-state index contributed by atoms with van der Waals surface area (Å²) in [6, 6.07) is 17.4. The lowest BCUT2D eigenvalue weighted by Gasteiger charge is -2.19. The first-order chi connectivity index (χ1) is 11.4. The summed E-state index contributed by atoms with van der Waals surface area (Å²) in [4.78, 5) is 12.0. The van der Waals surface area contributed by atoms with Crippen molar-refractivity contribution in [2.75, 3.05) is 5.32 Å². The van der Waals surface area contributed by atoms with Gasteiger partial charge in [0.2, 0.25) is 0 Å². The molecular weight excluding hydrogens is 300 g/mol. The predicted octanol–water partition coefficient (Wildman–Crippen LogP) is 5.05. The molecule has 3 rings (SSSR count). The number of carbonyl (C=O) groups excluding carboxylic acids is 1. The number of nitrogens with one attached hydrogen (secondary N) is 2. The highest BCUT2D eigenvalue weighted by atomic mass is 16.3. The zero-order valence-corrected chi connectivity index (χ0v) is 14.2. The van der Waals surface area contributed by atoms with Gasteiger partial charge in [-0.2, -0.15) is 0 Å². The van der Waals surface area contributed by atoms with Gasteiger partial charge in [-0.15, -0.1) is 0 Å². The van der Waals surface area contributed by atoms with Gasteiger partial charge in [-0.05, 0) is 35.2 Å². The molecule has 124 valence electrons. The number of para-hydroxylation sites is 1.